The molecular formula is C24H30ClN3O4. The lowest BCUT2D eigenvalue weighted by atomic mass is 9.91. The minimum absolute atomic E-state index is 0.0574. The first-order valence-electron chi connectivity index (χ1n) is 11.0. The number of piperidine rings is 1. The Morgan fingerprint density at radius 2 is 1.94 bits per heavy atom. The maximum absolute atomic E-state index is 13.0. The van der Waals surface area contributed by atoms with E-state index in [4.69, 9.17) is 21.1 Å². The first-order chi connectivity index (χ1) is 15.2. The van der Waals surface area contributed by atoms with Crippen LogP contribution in [0.15, 0.2) is 16.9 Å². The summed E-state index contributed by atoms with van der Waals surface area (Å²) in [6.45, 7) is 8.20. The van der Waals surface area contributed by atoms with Gasteiger partial charge in [0.15, 0.2) is 11.5 Å². The fourth-order valence-corrected chi connectivity index (χ4v) is 4.81. The van der Waals surface area contributed by atoms with E-state index in [2.05, 4.69) is 22.2 Å². The summed E-state index contributed by atoms with van der Waals surface area (Å²) in [5.41, 5.74) is 3.07. The molecule has 1 fully saturated rings. The van der Waals surface area contributed by atoms with Gasteiger partial charge in [-0.3, -0.25) is 9.59 Å². The van der Waals surface area contributed by atoms with E-state index < -0.39 is 0 Å². The van der Waals surface area contributed by atoms with Crippen LogP contribution in [0.3, 0.4) is 0 Å². The summed E-state index contributed by atoms with van der Waals surface area (Å²) in [6.07, 6.45) is 2.05. The number of hydrogen-bond donors (Lipinski definition) is 2. The number of fused-ring (bicyclic) bond motifs is 1. The van der Waals surface area contributed by atoms with Crippen molar-refractivity contribution in [2.75, 3.05) is 26.7 Å². The molecule has 1 aromatic heterocycles. The van der Waals surface area contributed by atoms with Crippen LogP contribution in [0.5, 0.6) is 11.5 Å². The molecule has 8 heteroatoms. The fraction of sp³-hybridized carbons (Fsp3) is 0.500. The normalized spacial score (nSPS) is 19.1. The lowest BCUT2D eigenvalue weighted by molar-refractivity contribution is 0.0235. The lowest BCUT2D eigenvalue weighted by Gasteiger charge is -2.37. The van der Waals surface area contributed by atoms with Crippen LogP contribution in [0, 0.1) is 26.7 Å². The second-order valence-corrected chi connectivity index (χ2v) is 9.33. The van der Waals surface area contributed by atoms with E-state index in [-0.39, 0.29) is 24.1 Å². The van der Waals surface area contributed by atoms with Gasteiger partial charge in [0.05, 0.1) is 5.02 Å². The summed E-state index contributed by atoms with van der Waals surface area (Å²) in [6, 6.07) is 3.49. The molecule has 7 nitrogen and oxygen atoms in total. The number of likely N-dealkylation sites (tertiary alicyclic amines) is 1. The molecule has 1 atom stereocenters. The SMILES string of the molecule is Cc1cc(C)c(CNC(=O)c2cc(Cl)c3c(c2C)OC(C2CCN(C)CC2)CO3)c(=O)[nH]1. The highest BCUT2D eigenvalue weighted by Gasteiger charge is 2.34. The van der Waals surface area contributed by atoms with Crippen molar-refractivity contribution in [1.82, 2.24) is 15.2 Å². The number of ether oxygens (including phenoxy) is 2. The summed E-state index contributed by atoms with van der Waals surface area (Å²) >= 11 is 6.45. The van der Waals surface area contributed by atoms with Crippen LogP contribution in [0.4, 0.5) is 0 Å². The third-order valence-corrected chi connectivity index (χ3v) is 6.83. The van der Waals surface area contributed by atoms with E-state index in [1.807, 2.05) is 26.8 Å². The van der Waals surface area contributed by atoms with Gasteiger partial charge in [-0.05, 0) is 71.4 Å². The molecule has 32 heavy (non-hydrogen) atoms. The molecule has 1 saturated heterocycles. The molecule has 172 valence electrons. The second kappa shape index (κ2) is 9.16. The van der Waals surface area contributed by atoms with Gasteiger partial charge in [0.25, 0.3) is 11.5 Å². The molecule has 4 rings (SSSR count). The zero-order valence-corrected chi connectivity index (χ0v) is 19.8. The van der Waals surface area contributed by atoms with Crippen molar-refractivity contribution >= 4 is 17.5 Å². The third kappa shape index (κ3) is 4.50. The molecule has 0 spiro atoms. The quantitative estimate of drug-likeness (QED) is 0.732. The Balaban J connectivity index is 1.53. The summed E-state index contributed by atoms with van der Waals surface area (Å²) in [5, 5.41) is 3.20. The van der Waals surface area contributed by atoms with E-state index in [9.17, 15) is 9.59 Å². The highest BCUT2D eigenvalue weighted by atomic mass is 35.5. The van der Waals surface area contributed by atoms with Crippen molar-refractivity contribution < 1.29 is 14.3 Å². The van der Waals surface area contributed by atoms with Crippen LogP contribution in [0.2, 0.25) is 5.02 Å². The number of hydrogen-bond acceptors (Lipinski definition) is 5. The van der Waals surface area contributed by atoms with Crippen LogP contribution >= 0.6 is 11.6 Å². The third-order valence-electron chi connectivity index (χ3n) is 6.55. The van der Waals surface area contributed by atoms with Crippen molar-refractivity contribution in [3.8, 4) is 11.5 Å². The van der Waals surface area contributed by atoms with E-state index >= 15 is 0 Å². The second-order valence-electron chi connectivity index (χ2n) is 8.92. The zero-order chi connectivity index (χ0) is 23.0. The van der Waals surface area contributed by atoms with Gasteiger partial charge in [-0.1, -0.05) is 11.6 Å². The van der Waals surface area contributed by atoms with Crippen LogP contribution in [-0.2, 0) is 6.54 Å². The summed E-state index contributed by atoms with van der Waals surface area (Å²) in [7, 11) is 2.13. The summed E-state index contributed by atoms with van der Waals surface area (Å²) < 4.78 is 12.3. The molecule has 0 bridgehead atoms. The molecular weight excluding hydrogens is 430 g/mol. The van der Waals surface area contributed by atoms with Gasteiger partial charge in [-0.15, -0.1) is 0 Å². The van der Waals surface area contributed by atoms with Gasteiger partial charge in [-0.25, -0.2) is 0 Å². The minimum atomic E-state index is -0.309. The smallest absolute Gasteiger partial charge is 0.253 e. The number of benzene rings is 1. The number of amides is 1. The molecule has 2 aliphatic heterocycles. The highest BCUT2D eigenvalue weighted by Crippen LogP contribution is 2.44. The van der Waals surface area contributed by atoms with Gasteiger partial charge < -0.3 is 24.7 Å². The Morgan fingerprint density at radius 1 is 1.22 bits per heavy atom. The minimum Gasteiger partial charge on any atom is -0.484 e. The van der Waals surface area contributed by atoms with Crippen molar-refractivity contribution in [2.45, 2.75) is 46.3 Å². The van der Waals surface area contributed by atoms with Crippen molar-refractivity contribution in [2.24, 2.45) is 5.92 Å². The van der Waals surface area contributed by atoms with Crippen LogP contribution in [-0.4, -0.2) is 48.6 Å². The highest BCUT2D eigenvalue weighted by molar-refractivity contribution is 6.32. The van der Waals surface area contributed by atoms with Crippen LogP contribution < -0.4 is 20.3 Å². The van der Waals surface area contributed by atoms with Gasteiger partial charge in [0.1, 0.15) is 12.7 Å². The average Bonchev–Trinajstić information content (AvgIpc) is 2.75. The number of nitrogens with zero attached hydrogens (tertiary/aromatic N) is 1. The number of rotatable bonds is 4. The number of pyridine rings is 1. The van der Waals surface area contributed by atoms with Gasteiger partial charge >= 0.3 is 0 Å². The monoisotopic (exact) mass is 459 g/mol. The molecule has 1 aromatic carbocycles. The topological polar surface area (TPSA) is 83.7 Å². The Labute approximate surface area is 193 Å². The standard InChI is InChI=1S/C24H30ClN3O4/c1-13-9-14(2)27-24(30)18(13)11-26-23(29)17-10-19(25)22-21(15(17)3)32-20(12-31-22)16-5-7-28(4)8-6-16/h9-10,16,20H,5-8,11-12H2,1-4H3,(H,26,29)(H,27,30). The number of aromatic nitrogens is 1. The van der Waals surface area contributed by atoms with E-state index in [1.54, 1.807) is 6.07 Å². The van der Waals surface area contributed by atoms with Crippen molar-refractivity contribution in [3.05, 3.63) is 55.5 Å². The number of halogens is 1. The number of carbonyl (C=O) groups is 1. The molecule has 0 aliphatic carbocycles. The first-order valence-corrected chi connectivity index (χ1v) is 11.4. The van der Waals surface area contributed by atoms with E-state index in [0.717, 1.165) is 37.2 Å². The molecule has 2 N–H and O–H groups in total. The Kier molecular flexibility index (Phi) is 6.49. The molecule has 3 heterocycles. The van der Waals surface area contributed by atoms with Crippen LogP contribution in [0.1, 0.15) is 45.6 Å². The zero-order valence-electron chi connectivity index (χ0n) is 19.0. The largest absolute Gasteiger partial charge is 0.484 e. The van der Waals surface area contributed by atoms with Crippen molar-refractivity contribution in [1.29, 1.82) is 0 Å². The maximum atomic E-state index is 13.0. The molecule has 1 amide bonds. The predicted octanol–water partition coefficient (Wildman–Crippen LogP) is 3.37. The molecule has 1 unspecified atom stereocenters. The number of aromatic amines is 1. The van der Waals surface area contributed by atoms with E-state index in [0.29, 0.717) is 45.7 Å². The first kappa shape index (κ1) is 22.7. The van der Waals surface area contributed by atoms with Gasteiger partial charge in [0, 0.05) is 34.8 Å². The fourth-order valence-electron chi connectivity index (χ4n) is 4.56. The lowest BCUT2D eigenvalue weighted by Crippen LogP contribution is -2.42. The number of carbonyl (C=O) groups excluding carboxylic acids is 1. The van der Waals surface area contributed by atoms with Crippen molar-refractivity contribution in [3.63, 3.8) is 0 Å². The Morgan fingerprint density at radius 3 is 2.62 bits per heavy atom. The van der Waals surface area contributed by atoms with Gasteiger partial charge in [-0.2, -0.15) is 0 Å². The van der Waals surface area contributed by atoms with E-state index in [1.165, 1.54) is 0 Å². The molecule has 0 saturated carbocycles. The average molecular weight is 460 g/mol. The van der Waals surface area contributed by atoms with Crippen LogP contribution in [0.25, 0.3) is 0 Å². The number of nitrogens with one attached hydrogen (secondary N) is 2. The number of aryl methyl sites for hydroxylation is 2. The molecule has 0 radical (unpaired) electrons. The van der Waals surface area contributed by atoms with Gasteiger partial charge in [0.2, 0.25) is 0 Å². The Bertz CT molecular complexity index is 1090. The maximum Gasteiger partial charge on any atom is 0.253 e. The predicted molar refractivity (Wildman–Crippen MR) is 124 cm³/mol. The molecule has 2 aliphatic rings. The number of H-pyrrole nitrogens is 1. The summed E-state index contributed by atoms with van der Waals surface area (Å²) in [5.74, 6) is 1.14. The Hall–Kier alpha value is -2.51. The summed E-state index contributed by atoms with van der Waals surface area (Å²) in [4.78, 5) is 30.4. The molecule has 2 aromatic rings.